The van der Waals surface area contributed by atoms with E-state index in [1.807, 2.05) is 11.6 Å². The van der Waals surface area contributed by atoms with Crippen LogP contribution in [-0.4, -0.2) is 4.98 Å². The van der Waals surface area contributed by atoms with Crippen LogP contribution in [0.2, 0.25) is 0 Å². The van der Waals surface area contributed by atoms with E-state index in [-0.39, 0.29) is 0 Å². The number of aromatic nitrogens is 1. The maximum Gasteiger partial charge on any atom is 0.123 e. The number of nitrogens with one attached hydrogen (secondary N) is 1. The summed E-state index contributed by atoms with van der Waals surface area (Å²) in [6.45, 7) is 0. The maximum atomic E-state index is 5.55. The Bertz CT molecular complexity index is 716. The van der Waals surface area contributed by atoms with Crippen molar-refractivity contribution in [3.05, 3.63) is 59.5 Å². The van der Waals surface area contributed by atoms with Gasteiger partial charge in [0.15, 0.2) is 0 Å². The lowest BCUT2D eigenvalue weighted by molar-refractivity contribution is 0.461. The summed E-state index contributed by atoms with van der Waals surface area (Å²) in [5.41, 5.74) is 3.63. The van der Waals surface area contributed by atoms with E-state index in [0.29, 0.717) is 6.04 Å². The number of rotatable bonds is 3. The Morgan fingerprint density at radius 3 is 2.90 bits per heavy atom. The van der Waals surface area contributed by atoms with Crippen LogP contribution in [0.15, 0.2) is 52.6 Å². The molecule has 1 unspecified atom stereocenters. The van der Waals surface area contributed by atoms with E-state index in [9.17, 15) is 0 Å². The van der Waals surface area contributed by atoms with Crippen molar-refractivity contribution in [1.29, 1.82) is 0 Å². The third-order valence-corrected chi connectivity index (χ3v) is 4.78. The summed E-state index contributed by atoms with van der Waals surface area (Å²) in [6, 6.07) is 11.0. The van der Waals surface area contributed by atoms with Gasteiger partial charge < -0.3 is 9.73 Å². The van der Waals surface area contributed by atoms with Crippen LogP contribution in [0.4, 0.5) is 5.69 Å². The minimum Gasteiger partial charge on any atom is -0.469 e. The number of benzene rings is 1. The predicted molar refractivity (Wildman–Crippen MR) is 85.6 cm³/mol. The summed E-state index contributed by atoms with van der Waals surface area (Å²) in [5.74, 6) is 1.14. The molecule has 21 heavy (non-hydrogen) atoms. The van der Waals surface area contributed by atoms with Crippen molar-refractivity contribution in [1.82, 2.24) is 4.98 Å². The van der Waals surface area contributed by atoms with Crippen LogP contribution in [-0.2, 0) is 6.42 Å². The Morgan fingerprint density at radius 1 is 1.19 bits per heavy atom. The number of furan rings is 1. The van der Waals surface area contributed by atoms with Gasteiger partial charge in [0.05, 0.1) is 12.3 Å². The third-order valence-electron chi connectivity index (χ3n) is 3.96. The molecule has 0 saturated carbocycles. The fourth-order valence-electron chi connectivity index (χ4n) is 2.91. The molecule has 2 aromatic heterocycles. The molecule has 2 heterocycles. The Hall–Kier alpha value is -2.07. The van der Waals surface area contributed by atoms with Crippen molar-refractivity contribution in [3.63, 3.8) is 0 Å². The molecule has 3 nitrogen and oxygen atoms in total. The normalized spacial score (nSPS) is 17.4. The molecule has 0 amide bonds. The topological polar surface area (TPSA) is 38.1 Å². The van der Waals surface area contributed by atoms with E-state index < -0.39 is 0 Å². The van der Waals surface area contributed by atoms with E-state index in [1.54, 1.807) is 17.6 Å². The van der Waals surface area contributed by atoms with Gasteiger partial charge in [-0.1, -0.05) is 0 Å². The first-order valence-electron chi connectivity index (χ1n) is 7.23. The highest BCUT2D eigenvalue weighted by Gasteiger charge is 2.22. The second-order valence-electron chi connectivity index (χ2n) is 5.30. The minimum absolute atomic E-state index is 0.359. The van der Waals surface area contributed by atoms with Gasteiger partial charge in [0, 0.05) is 34.8 Å². The minimum atomic E-state index is 0.359. The summed E-state index contributed by atoms with van der Waals surface area (Å²) in [6.07, 6.45) is 7.03. The third kappa shape index (κ3) is 2.47. The average Bonchev–Trinajstić information content (AvgIpc) is 3.20. The molecular weight excluding hydrogens is 280 g/mol. The van der Waals surface area contributed by atoms with Gasteiger partial charge in [0.2, 0.25) is 0 Å². The quantitative estimate of drug-likeness (QED) is 0.747. The van der Waals surface area contributed by atoms with E-state index in [0.717, 1.165) is 29.3 Å². The fraction of sp³-hybridized carbons (Fsp3) is 0.235. The Labute approximate surface area is 127 Å². The lowest BCUT2D eigenvalue weighted by Gasteiger charge is -2.23. The summed E-state index contributed by atoms with van der Waals surface area (Å²) >= 11 is 1.67. The highest BCUT2D eigenvalue weighted by atomic mass is 32.1. The molecule has 0 aliphatic heterocycles. The highest BCUT2D eigenvalue weighted by molar-refractivity contribution is 7.13. The molecule has 1 aliphatic carbocycles. The Morgan fingerprint density at radius 2 is 2.10 bits per heavy atom. The number of anilines is 1. The van der Waals surface area contributed by atoms with Crippen LogP contribution < -0.4 is 5.32 Å². The summed E-state index contributed by atoms with van der Waals surface area (Å²) in [7, 11) is 0. The van der Waals surface area contributed by atoms with E-state index >= 15 is 0 Å². The van der Waals surface area contributed by atoms with Crippen molar-refractivity contribution < 1.29 is 4.42 Å². The first kappa shape index (κ1) is 12.7. The van der Waals surface area contributed by atoms with E-state index in [1.165, 1.54) is 17.5 Å². The number of fused-ring (bicyclic) bond motifs is 1. The predicted octanol–water partition coefficient (Wildman–Crippen LogP) is 4.89. The van der Waals surface area contributed by atoms with Gasteiger partial charge in [0.1, 0.15) is 10.8 Å². The Kier molecular flexibility index (Phi) is 3.24. The molecule has 1 aromatic carbocycles. The zero-order valence-corrected chi connectivity index (χ0v) is 12.4. The number of aryl methyl sites for hydroxylation is 1. The van der Waals surface area contributed by atoms with Crippen LogP contribution in [0.5, 0.6) is 0 Å². The molecular formula is C17H16N2OS. The molecule has 0 saturated heterocycles. The molecule has 4 heteroatoms. The van der Waals surface area contributed by atoms with Gasteiger partial charge in [0.25, 0.3) is 0 Å². The zero-order chi connectivity index (χ0) is 14.1. The van der Waals surface area contributed by atoms with Gasteiger partial charge in [-0.25, -0.2) is 4.98 Å². The van der Waals surface area contributed by atoms with Crippen LogP contribution in [0.25, 0.3) is 10.6 Å². The van der Waals surface area contributed by atoms with Crippen molar-refractivity contribution in [2.45, 2.75) is 25.3 Å². The molecule has 0 fully saturated rings. The number of nitrogens with zero attached hydrogens (tertiary/aromatic N) is 1. The molecule has 1 N–H and O–H groups in total. The number of hydrogen-bond donors (Lipinski definition) is 1. The SMILES string of the molecule is c1csc(-c2ccc(NC3CCCc4occc43)cc2)n1. The van der Waals surface area contributed by atoms with Crippen LogP contribution in [0.3, 0.4) is 0 Å². The summed E-state index contributed by atoms with van der Waals surface area (Å²) < 4.78 is 5.55. The standard InChI is InChI=1S/C17H16N2OS/c1-2-15(14-8-10-20-16(14)3-1)19-13-6-4-12(5-7-13)17-18-9-11-21-17/h4-11,15,19H,1-3H2. The average molecular weight is 296 g/mol. The molecule has 0 spiro atoms. The van der Waals surface area contributed by atoms with Gasteiger partial charge in [-0.05, 0) is 43.2 Å². The highest BCUT2D eigenvalue weighted by Crippen LogP contribution is 2.33. The van der Waals surface area contributed by atoms with Gasteiger partial charge in [-0.3, -0.25) is 0 Å². The largest absolute Gasteiger partial charge is 0.469 e. The Balaban J connectivity index is 1.54. The molecule has 0 radical (unpaired) electrons. The van der Waals surface area contributed by atoms with Crippen molar-refractivity contribution in [2.75, 3.05) is 5.32 Å². The number of thiazole rings is 1. The van der Waals surface area contributed by atoms with Gasteiger partial charge in [-0.2, -0.15) is 0 Å². The fourth-order valence-corrected chi connectivity index (χ4v) is 3.56. The molecule has 106 valence electrons. The van der Waals surface area contributed by atoms with E-state index in [2.05, 4.69) is 40.6 Å². The lowest BCUT2D eigenvalue weighted by Crippen LogP contribution is -2.15. The smallest absolute Gasteiger partial charge is 0.123 e. The summed E-state index contributed by atoms with van der Waals surface area (Å²) in [5, 5.41) is 6.69. The van der Waals surface area contributed by atoms with Crippen molar-refractivity contribution >= 4 is 17.0 Å². The second-order valence-corrected chi connectivity index (χ2v) is 6.20. The zero-order valence-electron chi connectivity index (χ0n) is 11.6. The molecule has 4 rings (SSSR count). The van der Waals surface area contributed by atoms with E-state index in [4.69, 9.17) is 4.42 Å². The first-order valence-corrected chi connectivity index (χ1v) is 8.11. The lowest BCUT2D eigenvalue weighted by atomic mass is 9.93. The van der Waals surface area contributed by atoms with Gasteiger partial charge in [-0.15, -0.1) is 11.3 Å². The molecule has 1 aliphatic rings. The molecule has 3 aromatic rings. The maximum absolute atomic E-state index is 5.55. The molecule has 1 atom stereocenters. The number of hydrogen-bond acceptors (Lipinski definition) is 4. The van der Waals surface area contributed by atoms with Crippen molar-refractivity contribution in [2.24, 2.45) is 0 Å². The molecule has 0 bridgehead atoms. The first-order chi connectivity index (χ1) is 10.4. The van der Waals surface area contributed by atoms with Crippen molar-refractivity contribution in [3.8, 4) is 10.6 Å². The van der Waals surface area contributed by atoms with Gasteiger partial charge >= 0.3 is 0 Å². The second kappa shape index (κ2) is 5.37. The van der Waals surface area contributed by atoms with Crippen LogP contribution >= 0.6 is 11.3 Å². The van der Waals surface area contributed by atoms with Crippen LogP contribution in [0.1, 0.15) is 30.2 Å². The van der Waals surface area contributed by atoms with Crippen LogP contribution in [0, 0.1) is 0 Å². The summed E-state index contributed by atoms with van der Waals surface area (Å²) in [4.78, 5) is 4.34. The monoisotopic (exact) mass is 296 g/mol.